The van der Waals surface area contributed by atoms with Crippen LogP contribution in [0.2, 0.25) is 5.02 Å². The Morgan fingerprint density at radius 1 is 1.21 bits per heavy atom. The van der Waals surface area contributed by atoms with Crippen LogP contribution in [0.1, 0.15) is 45.2 Å². The van der Waals surface area contributed by atoms with Crippen molar-refractivity contribution in [2.75, 3.05) is 18.5 Å². The first-order valence-electron chi connectivity index (χ1n) is 7.05. The summed E-state index contributed by atoms with van der Waals surface area (Å²) < 4.78 is 0. The van der Waals surface area contributed by atoms with Crippen LogP contribution >= 0.6 is 11.6 Å². The Hall–Kier alpha value is -0.840. The van der Waals surface area contributed by atoms with E-state index in [1.54, 1.807) is 6.07 Å². The van der Waals surface area contributed by atoms with Gasteiger partial charge in [0.05, 0.1) is 10.7 Å². The summed E-state index contributed by atoms with van der Waals surface area (Å²) in [7, 11) is 0. The average molecular weight is 285 g/mol. The lowest BCUT2D eigenvalue weighted by atomic mass is 10.2. The highest BCUT2D eigenvalue weighted by Crippen LogP contribution is 2.18. The van der Waals surface area contributed by atoms with E-state index in [9.17, 15) is 0 Å². The van der Waals surface area contributed by atoms with Crippen molar-refractivity contribution < 1.29 is 0 Å². The summed E-state index contributed by atoms with van der Waals surface area (Å²) in [6.07, 6.45) is 4.81. The maximum Gasteiger partial charge on any atom is 0.140 e. The van der Waals surface area contributed by atoms with Crippen molar-refractivity contribution in [1.29, 1.82) is 0 Å². The second-order valence-corrected chi connectivity index (χ2v) is 5.16. The number of pyridine rings is 1. The summed E-state index contributed by atoms with van der Waals surface area (Å²) in [6, 6.07) is 3.63. The second-order valence-electron chi connectivity index (χ2n) is 4.75. The third kappa shape index (κ3) is 5.76. The molecule has 3 N–H and O–H groups in total. The fraction of sp³-hybridized carbons (Fsp3) is 0.643. The number of hydrazine groups is 1. The highest BCUT2D eigenvalue weighted by Gasteiger charge is 2.10. The van der Waals surface area contributed by atoms with Crippen LogP contribution in [-0.4, -0.2) is 23.0 Å². The molecule has 108 valence electrons. The lowest BCUT2D eigenvalue weighted by Gasteiger charge is -2.22. The molecule has 1 heterocycles. The van der Waals surface area contributed by atoms with Crippen molar-refractivity contribution in [3.8, 4) is 0 Å². The summed E-state index contributed by atoms with van der Waals surface area (Å²) in [6.45, 7) is 7.39. The van der Waals surface area contributed by atoms with Gasteiger partial charge in [0.15, 0.2) is 0 Å². The predicted octanol–water partition coefficient (Wildman–Crippen LogP) is 3.42. The number of anilines is 1. The Balaban J connectivity index is 2.70. The fourth-order valence-electron chi connectivity index (χ4n) is 1.92. The zero-order chi connectivity index (χ0) is 14.1. The van der Waals surface area contributed by atoms with Crippen molar-refractivity contribution in [1.82, 2.24) is 9.88 Å². The van der Waals surface area contributed by atoms with E-state index in [4.69, 9.17) is 17.4 Å². The molecule has 0 spiro atoms. The van der Waals surface area contributed by atoms with Crippen LogP contribution in [0.25, 0.3) is 0 Å². The van der Waals surface area contributed by atoms with Crippen molar-refractivity contribution in [3.05, 3.63) is 22.8 Å². The third-order valence-corrected chi connectivity index (χ3v) is 3.44. The van der Waals surface area contributed by atoms with Crippen LogP contribution in [0.15, 0.2) is 12.1 Å². The van der Waals surface area contributed by atoms with Gasteiger partial charge in [-0.05, 0) is 38.1 Å². The highest BCUT2D eigenvalue weighted by atomic mass is 35.5. The molecule has 0 saturated heterocycles. The molecule has 0 amide bonds. The van der Waals surface area contributed by atoms with Gasteiger partial charge in [-0.2, -0.15) is 0 Å². The lowest BCUT2D eigenvalue weighted by molar-refractivity contribution is 0.254. The smallest absolute Gasteiger partial charge is 0.140 e. The molecule has 1 aromatic rings. The van der Waals surface area contributed by atoms with Gasteiger partial charge in [0.1, 0.15) is 5.82 Å². The molecule has 19 heavy (non-hydrogen) atoms. The van der Waals surface area contributed by atoms with Crippen LogP contribution < -0.4 is 11.3 Å². The highest BCUT2D eigenvalue weighted by molar-refractivity contribution is 6.31. The van der Waals surface area contributed by atoms with E-state index in [0.717, 1.165) is 25.3 Å². The van der Waals surface area contributed by atoms with E-state index in [1.165, 1.54) is 25.7 Å². The van der Waals surface area contributed by atoms with Gasteiger partial charge in [-0.3, -0.25) is 4.90 Å². The fourth-order valence-corrected chi connectivity index (χ4v) is 2.09. The summed E-state index contributed by atoms with van der Waals surface area (Å²) in [5.74, 6) is 6.05. The number of nitrogens with zero attached hydrogens (tertiary/aromatic N) is 2. The average Bonchev–Trinajstić information content (AvgIpc) is 2.43. The van der Waals surface area contributed by atoms with Gasteiger partial charge in [-0.15, -0.1) is 0 Å². The molecule has 1 rings (SSSR count). The molecule has 0 aliphatic heterocycles. The van der Waals surface area contributed by atoms with Gasteiger partial charge in [0.2, 0.25) is 0 Å². The number of hydrogen-bond acceptors (Lipinski definition) is 4. The molecule has 0 aliphatic carbocycles. The normalized spacial score (nSPS) is 11.0. The van der Waals surface area contributed by atoms with E-state index in [-0.39, 0.29) is 0 Å². The van der Waals surface area contributed by atoms with E-state index in [0.29, 0.717) is 10.8 Å². The van der Waals surface area contributed by atoms with E-state index in [2.05, 4.69) is 29.2 Å². The zero-order valence-electron chi connectivity index (χ0n) is 12.0. The van der Waals surface area contributed by atoms with Gasteiger partial charge >= 0.3 is 0 Å². The van der Waals surface area contributed by atoms with Crippen molar-refractivity contribution in [2.45, 2.75) is 46.1 Å². The molecule has 0 atom stereocenters. The maximum absolute atomic E-state index is 6.21. The Morgan fingerprint density at radius 2 is 1.84 bits per heavy atom. The number of halogens is 1. The molecule has 0 fully saturated rings. The zero-order valence-corrected chi connectivity index (χ0v) is 12.7. The number of aromatic nitrogens is 1. The molecular formula is C14H25ClN4. The molecule has 0 unspecified atom stereocenters. The van der Waals surface area contributed by atoms with Crippen LogP contribution in [0.3, 0.4) is 0 Å². The monoisotopic (exact) mass is 284 g/mol. The number of nitrogens with two attached hydrogens (primary N) is 1. The van der Waals surface area contributed by atoms with Crippen LogP contribution in [0, 0.1) is 0 Å². The van der Waals surface area contributed by atoms with Gasteiger partial charge < -0.3 is 5.43 Å². The van der Waals surface area contributed by atoms with E-state index < -0.39 is 0 Å². The van der Waals surface area contributed by atoms with Gasteiger partial charge in [0.25, 0.3) is 0 Å². The minimum absolute atomic E-state index is 0.658. The minimum atomic E-state index is 0.658. The molecule has 0 saturated carbocycles. The Kier molecular flexibility index (Phi) is 7.79. The van der Waals surface area contributed by atoms with Crippen molar-refractivity contribution in [3.63, 3.8) is 0 Å². The molecule has 0 aliphatic rings. The number of hydrogen-bond donors (Lipinski definition) is 2. The second kappa shape index (κ2) is 9.13. The van der Waals surface area contributed by atoms with E-state index in [1.807, 2.05) is 6.07 Å². The standard InChI is InChI=1S/C14H25ClN4/c1-3-5-9-19(10-6-4-2)11-13-12(15)7-8-14(17-13)18-16/h7-8H,3-6,9-11,16H2,1-2H3,(H,17,18). The SMILES string of the molecule is CCCCN(CCCC)Cc1nc(NN)ccc1Cl. The summed E-state index contributed by atoms with van der Waals surface area (Å²) in [4.78, 5) is 6.86. The Bertz CT molecular complexity index is 362. The summed E-state index contributed by atoms with van der Waals surface area (Å²) >= 11 is 6.21. The van der Waals surface area contributed by atoms with Gasteiger partial charge in [-0.25, -0.2) is 10.8 Å². The predicted molar refractivity (Wildman–Crippen MR) is 82.2 cm³/mol. The molecule has 1 aromatic heterocycles. The van der Waals surface area contributed by atoms with E-state index >= 15 is 0 Å². The first kappa shape index (κ1) is 16.2. The Labute approximate surface area is 121 Å². The summed E-state index contributed by atoms with van der Waals surface area (Å²) in [5, 5.41) is 0.706. The first-order chi connectivity index (χ1) is 9.21. The van der Waals surface area contributed by atoms with Gasteiger partial charge in [0, 0.05) is 6.54 Å². The van der Waals surface area contributed by atoms with Crippen molar-refractivity contribution >= 4 is 17.4 Å². The molecule has 0 radical (unpaired) electrons. The Morgan fingerprint density at radius 3 is 2.37 bits per heavy atom. The summed E-state index contributed by atoms with van der Waals surface area (Å²) in [5.41, 5.74) is 3.46. The minimum Gasteiger partial charge on any atom is -0.308 e. The molecule has 0 bridgehead atoms. The number of rotatable bonds is 9. The van der Waals surface area contributed by atoms with Crippen LogP contribution in [-0.2, 0) is 6.54 Å². The molecular weight excluding hydrogens is 260 g/mol. The molecule has 0 aromatic carbocycles. The quantitative estimate of drug-likeness (QED) is 0.539. The van der Waals surface area contributed by atoms with Crippen molar-refractivity contribution in [2.24, 2.45) is 5.84 Å². The molecule has 4 nitrogen and oxygen atoms in total. The number of nitrogen functional groups attached to an aromatic ring is 1. The third-order valence-electron chi connectivity index (χ3n) is 3.10. The van der Waals surface area contributed by atoms with Crippen LogP contribution in [0.5, 0.6) is 0 Å². The largest absolute Gasteiger partial charge is 0.308 e. The number of nitrogens with one attached hydrogen (secondary N) is 1. The maximum atomic E-state index is 6.21. The lowest BCUT2D eigenvalue weighted by Crippen LogP contribution is -2.26. The first-order valence-corrected chi connectivity index (χ1v) is 7.43. The van der Waals surface area contributed by atoms with Gasteiger partial charge in [-0.1, -0.05) is 38.3 Å². The molecule has 5 heteroatoms. The van der Waals surface area contributed by atoms with Crippen LogP contribution in [0.4, 0.5) is 5.82 Å². The number of unbranched alkanes of at least 4 members (excludes halogenated alkanes) is 2. The topological polar surface area (TPSA) is 54.2 Å².